The highest BCUT2D eigenvalue weighted by atomic mass is 19.2. The third-order valence-electron chi connectivity index (χ3n) is 8.11. The van der Waals surface area contributed by atoms with Crippen molar-refractivity contribution in [2.45, 2.75) is 13.0 Å². The number of piperazine rings is 1. The van der Waals surface area contributed by atoms with E-state index in [-0.39, 0.29) is 37.2 Å². The first kappa shape index (κ1) is 32.9. The fourth-order valence-corrected chi connectivity index (χ4v) is 5.59. The molecule has 0 bridgehead atoms. The Bertz CT molecular complexity index is 2110. The first-order chi connectivity index (χ1) is 23.6. The van der Waals surface area contributed by atoms with Crippen LogP contribution in [0.5, 0.6) is 0 Å². The van der Waals surface area contributed by atoms with Crippen molar-refractivity contribution in [2.75, 3.05) is 31.1 Å². The number of rotatable bonds is 9. The van der Waals surface area contributed by atoms with Gasteiger partial charge in [-0.05, 0) is 65.2 Å². The number of carbonyl (C=O) groups excluding carboxylic acids is 2. The third-order valence-corrected chi connectivity index (χ3v) is 8.11. The van der Waals surface area contributed by atoms with Crippen molar-refractivity contribution >= 4 is 23.1 Å². The number of benzene rings is 3. The lowest BCUT2D eigenvalue weighted by molar-refractivity contribution is -0.142. The van der Waals surface area contributed by atoms with E-state index < -0.39 is 51.8 Å². The molecular formula is C35H28F4N6O4. The number of aromatic nitrogens is 4. The number of amides is 1. The SMILES string of the molecule is O=C(/C=C(/O)c1cc(Cc2ccc(F)c(F)c2F)cn(Cc2cccc(F)c2)c1=O)C(=O)N1CCN(c2ccc(-n3cncn3)cc2)CC1. The molecule has 1 amide bonds. The van der Waals surface area contributed by atoms with E-state index in [9.17, 15) is 37.1 Å². The van der Waals surface area contributed by atoms with E-state index in [0.717, 1.165) is 28.1 Å². The summed E-state index contributed by atoms with van der Waals surface area (Å²) in [5.74, 6) is -7.80. The molecule has 2 aromatic heterocycles. The molecule has 0 saturated carbocycles. The van der Waals surface area contributed by atoms with Crippen LogP contribution in [-0.2, 0) is 22.6 Å². The highest BCUT2D eigenvalue weighted by Gasteiger charge is 2.26. The molecule has 0 aliphatic carbocycles. The summed E-state index contributed by atoms with van der Waals surface area (Å²) in [6, 6.07) is 16.0. The van der Waals surface area contributed by atoms with Gasteiger partial charge in [0.25, 0.3) is 11.5 Å². The molecule has 10 nitrogen and oxygen atoms in total. The third kappa shape index (κ3) is 7.27. The maximum absolute atomic E-state index is 14.5. The van der Waals surface area contributed by atoms with Crippen molar-refractivity contribution in [1.82, 2.24) is 24.2 Å². The fraction of sp³-hybridized carbons (Fsp3) is 0.171. The molecule has 0 spiro atoms. The molecule has 3 aromatic carbocycles. The number of anilines is 1. The summed E-state index contributed by atoms with van der Waals surface area (Å²) in [5.41, 5.74) is 0.867. The van der Waals surface area contributed by atoms with Gasteiger partial charge in [0.15, 0.2) is 17.5 Å². The normalized spacial score (nSPS) is 13.5. The van der Waals surface area contributed by atoms with E-state index in [1.54, 1.807) is 17.1 Å². The van der Waals surface area contributed by atoms with Crippen LogP contribution in [0.25, 0.3) is 11.4 Å². The molecule has 49 heavy (non-hydrogen) atoms. The van der Waals surface area contributed by atoms with Crippen LogP contribution in [0.15, 0.2) is 96.5 Å². The van der Waals surface area contributed by atoms with Gasteiger partial charge in [-0.25, -0.2) is 27.2 Å². The van der Waals surface area contributed by atoms with Crippen LogP contribution in [0.4, 0.5) is 23.2 Å². The Morgan fingerprint density at radius 3 is 2.29 bits per heavy atom. The molecule has 0 unspecified atom stereocenters. The Kier molecular flexibility index (Phi) is 9.38. The molecule has 1 fully saturated rings. The van der Waals surface area contributed by atoms with E-state index in [4.69, 9.17) is 0 Å². The number of halogens is 4. The monoisotopic (exact) mass is 672 g/mol. The second-order valence-corrected chi connectivity index (χ2v) is 11.4. The van der Waals surface area contributed by atoms with Gasteiger partial charge < -0.3 is 19.5 Å². The second kappa shape index (κ2) is 14.0. The molecule has 1 aliphatic rings. The van der Waals surface area contributed by atoms with Gasteiger partial charge in [-0.2, -0.15) is 5.10 Å². The van der Waals surface area contributed by atoms with Crippen molar-refractivity contribution in [3.63, 3.8) is 0 Å². The number of aliphatic hydroxyl groups is 1. The molecule has 6 rings (SSSR count). The smallest absolute Gasteiger partial charge is 0.294 e. The lowest BCUT2D eigenvalue weighted by Gasteiger charge is -2.35. The number of hydrogen-bond donors (Lipinski definition) is 1. The topological polar surface area (TPSA) is 114 Å². The zero-order chi connectivity index (χ0) is 34.7. The Hall–Kier alpha value is -6.05. The molecule has 0 atom stereocenters. The van der Waals surface area contributed by atoms with Crippen LogP contribution >= 0.6 is 0 Å². The van der Waals surface area contributed by atoms with E-state index in [1.807, 2.05) is 24.3 Å². The molecule has 250 valence electrons. The van der Waals surface area contributed by atoms with Crippen LogP contribution in [0.1, 0.15) is 22.3 Å². The zero-order valence-corrected chi connectivity index (χ0v) is 25.8. The fourth-order valence-electron chi connectivity index (χ4n) is 5.59. The lowest BCUT2D eigenvalue weighted by Crippen LogP contribution is -2.50. The maximum Gasteiger partial charge on any atom is 0.294 e. The van der Waals surface area contributed by atoms with Crippen molar-refractivity contribution in [3.8, 4) is 5.69 Å². The van der Waals surface area contributed by atoms with Gasteiger partial charge in [-0.3, -0.25) is 14.4 Å². The van der Waals surface area contributed by atoms with Gasteiger partial charge in [0.2, 0.25) is 5.78 Å². The van der Waals surface area contributed by atoms with Gasteiger partial charge in [0.05, 0.1) is 17.8 Å². The number of pyridine rings is 1. The van der Waals surface area contributed by atoms with E-state index in [0.29, 0.717) is 24.7 Å². The first-order valence-electron chi connectivity index (χ1n) is 15.1. The highest BCUT2D eigenvalue weighted by Crippen LogP contribution is 2.22. The summed E-state index contributed by atoms with van der Waals surface area (Å²) in [5, 5.41) is 15.1. The minimum Gasteiger partial charge on any atom is -0.507 e. The van der Waals surface area contributed by atoms with Gasteiger partial charge in [-0.1, -0.05) is 18.2 Å². The van der Waals surface area contributed by atoms with Crippen molar-refractivity contribution in [2.24, 2.45) is 0 Å². The molecule has 0 radical (unpaired) electrons. The molecule has 1 aliphatic heterocycles. The summed E-state index contributed by atoms with van der Waals surface area (Å²) in [6.07, 6.45) is 4.64. The van der Waals surface area contributed by atoms with Crippen LogP contribution in [-0.4, -0.2) is 67.2 Å². The predicted octanol–water partition coefficient (Wildman–Crippen LogP) is 4.44. The van der Waals surface area contributed by atoms with Crippen LogP contribution in [0.3, 0.4) is 0 Å². The predicted molar refractivity (Wildman–Crippen MR) is 171 cm³/mol. The Morgan fingerprint density at radius 1 is 0.857 bits per heavy atom. The summed E-state index contributed by atoms with van der Waals surface area (Å²) < 4.78 is 58.6. The lowest BCUT2D eigenvalue weighted by atomic mass is 10.0. The number of hydrogen-bond acceptors (Lipinski definition) is 7. The molecule has 1 N–H and O–H groups in total. The van der Waals surface area contributed by atoms with E-state index >= 15 is 0 Å². The van der Waals surface area contributed by atoms with Gasteiger partial charge in [0, 0.05) is 50.6 Å². The summed E-state index contributed by atoms with van der Waals surface area (Å²) in [7, 11) is 0. The van der Waals surface area contributed by atoms with Crippen molar-refractivity contribution in [1.29, 1.82) is 0 Å². The van der Waals surface area contributed by atoms with Crippen LogP contribution in [0, 0.1) is 23.3 Å². The minimum atomic E-state index is -1.67. The van der Waals surface area contributed by atoms with Crippen LogP contribution < -0.4 is 10.5 Å². The number of nitrogens with zero attached hydrogens (tertiary/aromatic N) is 6. The van der Waals surface area contributed by atoms with Crippen molar-refractivity contribution < 1.29 is 32.3 Å². The standard InChI is InChI=1S/C35H28F4N6O4/c36-25-3-1-2-22(15-25)18-44-19-23(14-24-4-9-29(37)33(39)32(24)38)16-28(34(44)48)30(46)17-31(47)35(49)43-12-10-42(11-13-43)26-5-7-27(8-6-26)45-21-40-20-41-45/h1-9,15-17,19-21,46H,10-14,18H2/b30-17+. The van der Waals surface area contributed by atoms with Crippen LogP contribution in [0.2, 0.25) is 0 Å². The van der Waals surface area contributed by atoms with E-state index in [2.05, 4.69) is 15.0 Å². The molecule has 5 aromatic rings. The largest absolute Gasteiger partial charge is 0.507 e. The highest BCUT2D eigenvalue weighted by molar-refractivity contribution is 6.41. The molecular weight excluding hydrogens is 644 g/mol. The second-order valence-electron chi connectivity index (χ2n) is 11.4. The first-order valence-corrected chi connectivity index (χ1v) is 15.1. The Balaban J connectivity index is 1.20. The summed E-state index contributed by atoms with van der Waals surface area (Å²) in [4.78, 5) is 46.9. The molecule has 1 saturated heterocycles. The number of ketones is 1. The average molecular weight is 673 g/mol. The van der Waals surface area contributed by atoms with Gasteiger partial charge >= 0.3 is 0 Å². The summed E-state index contributed by atoms with van der Waals surface area (Å²) in [6.45, 7) is 1.14. The Morgan fingerprint density at radius 2 is 1.59 bits per heavy atom. The van der Waals surface area contributed by atoms with Crippen molar-refractivity contribution in [3.05, 3.63) is 148 Å². The molecule has 14 heteroatoms. The van der Waals surface area contributed by atoms with E-state index in [1.165, 1.54) is 41.7 Å². The Labute approximate surface area is 276 Å². The van der Waals surface area contributed by atoms with Gasteiger partial charge in [0.1, 0.15) is 24.2 Å². The maximum atomic E-state index is 14.5. The number of carbonyl (C=O) groups is 2. The average Bonchev–Trinajstić information content (AvgIpc) is 3.65. The van der Waals surface area contributed by atoms with Gasteiger partial charge in [-0.15, -0.1) is 0 Å². The quantitative estimate of drug-likeness (QED) is 0.0810. The molecule has 3 heterocycles. The number of aliphatic hydroxyl groups excluding tert-OH is 1. The minimum absolute atomic E-state index is 0.175. The zero-order valence-electron chi connectivity index (χ0n) is 25.8. The summed E-state index contributed by atoms with van der Waals surface area (Å²) >= 11 is 0.